The fourth-order valence-electron chi connectivity index (χ4n) is 4.93. The van der Waals surface area contributed by atoms with E-state index in [2.05, 4.69) is 48.0 Å². The molecule has 0 radical (unpaired) electrons. The highest BCUT2D eigenvalue weighted by Gasteiger charge is 2.50. The molecular weight excluding hydrogens is 410 g/mol. The maximum atomic E-state index is 12.9. The lowest BCUT2D eigenvalue weighted by molar-refractivity contribution is -0.0342. The van der Waals surface area contributed by atoms with E-state index in [1.54, 1.807) is 0 Å². The molecule has 0 heterocycles. The first-order valence-electron chi connectivity index (χ1n) is 9.40. The first-order valence-corrected chi connectivity index (χ1v) is 11.3. The van der Waals surface area contributed by atoms with E-state index in [4.69, 9.17) is 9.13 Å². The first kappa shape index (κ1) is 20.2. The van der Waals surface area contributed by atoms with E-state index in [0.717, 1.165) is 29.4 Å². The molecule has 0 aromatic heterocycles. The summed E-state index contributed by atoms with van der Waals surface area (Å²) in [6, 6.07) is 6.45. The summed E-state index contributed by atoms with van der Waals surface area (Å²) in [5.74, 6) is 0.907. The molecular formula is C21H30BrNO2S. The van der Waals surface area contributed by atoms with Gasteiger partial charge in [0, 0.05) is 22.6 Å². The molecule has 2 aliphatic carbocycles. The number of benzene rings is 1. The van der Waals surface area contributed by atoms with Crippen molar-refractivity contribution < 1.29 is 8.95 Å². The van der Waals surface area contributed by atoms with Gasteiger partial charge >= 0.3 is 0 Å². The number of hydrogen-bond donors (Lipinski definition) is 0. The molecule has 144 valence electrons. The van der Waals surface area contributed by atoms with Crippen LogP contribution in [0.25, 0.3) is 0 Å². The minimum atomic E-state index is -1.26. The molecule has 1 spiro atoms. The van der Waals surface area contributed by atoms with Crippen molar-refractivity contribution in [3.63, 3.8) is 0 Å². The molecule has 0 bridgehead atoms. The van der Waals surface area contributed by atoms with Crippen LogP contribution in [0.4, 0.5) is 0 Å². The van der Waals surface area contributed by atoms with Gasteiger partial charge in [0.2, 0.25) is 0 Å². The van der Waals surface area contributed by atoms with Crippen molar-refractivity contribution in [1.29, 1.82) is 0 Å². The summed E-state index contributed by atoms with van der Waals surface area (Å²) >= 11 is 3.60. The van der Waals surface area contributed by atoms with E-state index in [0.29, 0.717) is 11.8 Å². The molecule has 3 nitrogen and oxygen atoms in total. The van der Waals surface area contributed by atoms with Crippen LogP contribution in [0.5, 0.6) is 0 Å². The Hall–Kier alpha value is -0.520. The fourth-order valence-corrected chi connectivity index (χ4v) is 6.03. The van der Waals surface area contributed by atoms with Crippen LogP contribution in [0, 0.1) is 17.3 Å². The molecule has 0 amide bonds. The molecule has 1 aromatic rings. The third-order valence-electron chi connectivity index (χ3n) is 5.88. The van der Waals surface area contributed by atoms with Gasteiger partial charge < -0.3 is 4.74 Å². The predicted molar refractivity (Wildman–Crippen MR) is 113 cm³/mol. The van der Waals surface area contributed by atoms with Crippen molar-refractivity contribution in [1.82, 2.24) is 0 Å². The minimum Gasteiger partial charge on any atom is -0.381 e. The average molecular weight is 440 g/mol. The number of fused-ring (bicyclic) bond motifs is 1. The Labute approximate surface area is 168 Å². The fraction of sp³-hybridized carbons (Fsp3) is 0.667. The van der Waals surface area contributed by atoms with E-state index >= 15 is 0 Å². The van der Waals surface area contributed by atoms with E-state index in [1.165, 1.54) is 11.1 Å². The van der Waals surface area contributed by atoms with E-state index in [-0.39, 0.29) is 16.3 Å². The molecule has 1 saturated carbocycles. The second-order valence-corrected chi connectivity index (χ2v) is 11.9. The van der Waals surface area contributed by atoms with Crippen molar-refractivity contribution in [2.75, 3.05) is 7.11 Å². The summed E-state index contributed by atoms with van der Waals surface area (Å²) in [7, 11) is 0.559. The van der Waals surface area contributed by atoms with Gasteiger partial charge in [0.25, 0.3) is 0 Å². The number of methoxy groups -OCH3 is 1. The maximum Gasteiger partial charge on any atom is 0.145 e. The highest BCUT2D eigenvalue weighted by molar-refractivity contribution is 9.10. The van der Waals surface area contributed by atoms with Crippen LogP contribution >= 0.6 is 15.9 Å². The van der Waals surface area contributed by atoms with Gasteiger partial charge in [-0.2, -0.15) is 4.40 Å². The van der Waals surface area contributed by atoms with Crippen LogP contribution in [0.2, 0.25) is 0 Å². The van der Waals surface area contributed by atoms with Crippen molar-refractivity contribution >= 4 is 32.6 Å². The zero-order valence-corrected chi connectivity index (χ0v) is 19.0. The Bertz CT molecular complexity index is 741. The zero-order valence-electron chi connectivity index (χ0n) is 16.6. The summed E-state index contributed by atoms with van der Waals surface area (Å²) in [6.45, 7) is 10.5. The lowest BCUT2D eigenvalue weighted by Gasteiger charge is -2.45. The average Bonchev–Trinajstić information content (AvgIpc) is 2.79. The third-order valence-corrected chi connectivity index (χ3v) is 7.76. The molecule has 5 atom stereocenters. The first-order chi connectivity index (χ1) is 12.1. The molecule has 0 saturated heterocycles. The predicted octanol–water partition coefficient (Wildman–Crippen LogP) is 5.32. The van der Waals surface area contributed by atoms with Gasteiger partial charge in [-0.3, -0.25) is 0 Å². The smallest absolute Gasteiger partial charge is 0.145 e. The molecule has 3 rings (SSSR count). The van der Waals surface area contributed by atoms with Gasteiger partial charge in [-0.15, -0.1) is 0 Å². The normalized spacial score (nSPS) is 34.3. The standard InChI is InChI=1S/C21H30BrNO2S/c1-13-10-21(11-14(2)18(13)25-6)12-15-7-8-16(22)9-17(15)19(21)23-26(24)20(3,4)5/h7-9,13-14,18H,10-12H2,1-6H3/b23-19-/t13-,14+,18?,21?,26-/m0/s1. The Morgan fingerprint density at radius 3 is 2.38 bits per heavy atom. The van der Waals surface area contributed by atoms with E-state index in [9.17, 15) is 4.21 Å². The Morgan fingerprint density at radius 2 is 1.85 bits per heavy atom. The highest BCUT2D eigenvalue weighted by atomic mass is 79.9. The molecule has 2 aliphatic rings. The Balaban J connectivity index is 2.10. The molecule has 26 heavy (non-hydrogen) atoms. The third kappa shape index (κ3) is 3.59. The quantitative estimate of drug-likeness (QED) is 0.624. The van der Waals surface area contributed by atoms with Crippen LogP contribution in [0.15, 0.2) is 27.1 Å². The molecule has 5 heteroatoms. The second kappa shape index (κ2) is 7.14. The number of halogens is 1. The van der Waals surface area contributed by atoms with Gasteiger partial charge in [0.15, 0.2) is 0 Å². The maximum absolute atomic E-state index is 12.9. The van der Waals surface area contributed by atoms with Crippen molar-refractivity contribution in [3.05, 3.63) is 33.8 Å². The Morgan fingerprint density at radius 1 is 1.23 bits per heavy atom. The summed E-state index contributed by atoms with van der Waals surface area (Å²) in [4.78, 5) is 0. The molecule has 0 N–H and O–H groups in total. The number of rotatable bonds is 2. The molecule has 0 aliphatic heterocycles. The van der Waals surface area contributed by atoms with Gasteiger partial charge in [-0.05, 0) is 69.6 Å². The summed E-state index contributed by atoms with van der Waals surface area (Å²) < 4.78 is 24.2. The number of ether oxygens (including phenoxy) is 1. The van der Waals surface area contributed by atoms with Crippen molar-refractivity contribution in [2.45, 2.75) is 64.7 Å². The molecule has 1 aromatic carbocycles. The topological polar surface area (TPSA) is 38.7 Å². The van der Waals surface area contributed by atoms with Crippen LogP contribution in [-0.2, 0) is 22.1 Å². The van der Waals surface area contributed by atoms with Crippen LogP contribution in [-0.4, -0.2) is 27.9 Å². The van der Waals surface area contributed by atoms with E-state index < -0.39 is 11.0 Å². The van der Waals surface area contributed by atoms with Gasteiger partial charge in [-0.1, -0.05) is 35.8 Å². The highest BCUT2D eigenvalue weighted by Crippen LogP contribution is 2.52. The van der Waals surface area contributed by atoms with Gasteiger partial charge in [0.1, 0.15) is 11.0 Å². The monoisotopic (exact) mass is 439 g/mol. The van der Waals surface area contributed by atoms with E-state index in [1.807, 2.05) is 27.9 Å². The largest absolute Gasteiger partial charge is 0.381 e. The van der Waals surface area contributed by atoms with Crippen LogP contribution in [0.1, 0.15) is 58.6 Å². The van der Waals surface area contributed by atoms with Crippen molar-refractivity contribution in [2.24, 2.45) is 21.6 Å². The number of hydrogen-bond acceptors (Lipinski definition) is 2. The summed E-state index contributed by atoms with van der Waals surface area (Å²) in [5.41, 5.74) is 3.52. The van der Waals surface area contributed by atoms with Crippen LogP contribution in [0.3, 0.4) is 0 Å². The summed E-state index contributed by atoms with van der Waals surface area (Å²) in [5, 5.41) is 0. The summed E-state index contributed by atoms with van der Waals surface area (Å²) in [6.07, 6.45) is 3.33. The second-order valence-electron chi connectivity index (χ2n) is 9.12. The van der Waals surface area contributed by atoms with Gasteiger partial charge in [0.05, 0.1) is 16.6 Å². The SMILES string of the molecule is COC1[C@H](C)CC2(Cc3ccc(Br)cc3/C2=N/[S@@](=O)C(C)(C)C)C[C@@H]1C. The number of nitrogens with zero attached hydrogens (tertiary/aromatic N) is 1. The van der Waals surface area contributed by atoms with Crippen LogP contribution < -0.4 is 0 Å². The minimum absolute atomic E-state index is 0.0299. The molecule has 2 unspecified atom stereocenters. The van der Waals surface area contributed by atoms with Gasteiger partial charge in [-0.25, -0.2) is 4.21 Å². The zero-order chi connectivity index (χ0) is 19.3. The van der Waals surface area contributed by atoms with Crippen molar-refractivity contribution in [3.8, 4) is 0 Å². The lowest BCUT2D eigenvalue weighted by atomic mass is 9.63. The Kier molecular flexibility index (Phi) is 5.55. The lowest BCUT2D eigenvalue weighted by Crippen LogP contribution is -2.45. The molecule has 1 fully saturated rings.